The third-order valence-corrected chi connectivity index (χ3v) is 5.47. The second kappa shape index (κ2) is 4.92. The number of hydrogen-bond acceptors (Lipinski definition) is 3. The van der Waals surface area contributed by atoms with Gasteiger partial charge in [-0.25, -0.2) is 13.1 Å². The van der Waals surface area contributed by atoms with Crippen LogP contribution in [0.5, 0.6) is 0 Å². The quantitative estimate of drug-likeness (QED) is 0.756. The molecular weight excluding hydrogens is 270 g/mol. The lowest BCUT2D eigenvalue weighted by atomic mass is 9.83. The van der Waals surface area contributed by atoms with Crippen LogP contribution in [0.1, 0.15) is 32.1 Å². The van der Waals surface area contributed by atoms with Crippen molar-refractivity contribution in [3.63, 3.8) is 0 Å². The van der Waals surface area contributed by atoms with Crippen LogP contribution >= 0.6 is 15.9 Å². The van der Waals surface area contributed by atoms with Gasteiger partial charge in [-0.1, -0.05) is 35.2 Å². The zero-order valence-corrected chi connectivity index (χ0v) is 10.4. The van der Waals surface area contributed by atoms with Crippen molar-refractivity contribution >= 4 is 26.0 Å². The van der Waals surface area contributed by atoms with Crippen LogP contribution in [0.2, 0.25) is 0 Å². The number of aliphatic hydroxyl groups is 1. The van der Waals surface area contributed by atoms with Gasteiger partial charge in [-0.05, 0) is 12.8 Å². The van der Waals surface area contributed by atoms with Crippen LogP contribution in [0.25, 0.3) is 0 Å². The molecule has 0 aromatic rings. The van der Waals surface area contributed by atoms with E-state index in [1.807, 2.05) is 0 Å². The second-order valence-electron chi connectivity index (χ2n) is 3.83. The maximum absolute atomic E-state index is 11.4. The van der Waals surface area contributed by atoms with Crippen LogP contribution in [-0.4, -0.2) is 30.3 Å². The average Bonchev–Trinajstić information content (AvgIpc) is 2.19. The van der Waals surface area contributed by atoms with Gasteiger partial charge in [0.05, 0.1) is 12.1 Å². The Hall–Kier alpha value is 0.350. The predicted octanol–water partition coefficient (Wildman–Crippen LogP) is 0.953. The zero-order valence-electron chi connectivity index (χ0n) is 8.00. The first-order valence-electron chi connectivity index (χ1n) is 4.72. The van der Waals surface area contributed by atoms with E-state index in [9.17, 15) is 13.5 Å². The third-order valence-electron chi connectivity index (χ3n) is 2.63. The Kier molecular flexibility index (Phi) is 4.36. The maximum atomic E-state index is 11.4. The van der Waals surface area contributed by atoms with Crippen LogP contribution in [0.4, 0.5) is 0 Å². The fourth-order valence-electron chi connectivity index (χ4n) is 1.88. The van der Waals surface area contributed by atoms with Gasteiger partial charge < -0.3 is 5.11 Å². The predicted molar refractivity (Wildman–Crippen MR) is 58.8 cm³/mol. The summed E-state index contributed by atoms with van der Waals surface area (Å²) >= 11 is 2.92. The Morgan fingerprint density at radius 3 is 2.29 bits per heavy atom. The largest absolute Gasteiger partial charge is 0.394 e. The van der Waals surface area contributed by atoms with Crippen LogP contribution in [0.3, 0.4) is 0 Å². The van der Waals surface area contributed by atoms with Gasteiger partial charge in [0.2, 0.25) is 10.0 Å². The molecule has 14 heavy (non-hydrogen) atoms. The Morgan fingerprint density at radius 1 is 1.29 bits per heavy atom. The summed E-state index contributed by atoms with van der Waals surface area (Å²) in [4.78, 5) is 0. The van der Waals surface area contributed by atoms with Gasteiger partial charge in [-0.3, -0.25) is 0 Å². The molecule has 0 atom stereocenters. The van der Waals surface area contributed by atoms with Crippen molar-refractivity contribution in [3.8, 4) is 0 Å². The van der Waals surface area contributed by atoms with Crippen molar-refractivity contribution in [2.45, 2.75) is 37.6 Å². The molecule has 2 N–H and O–H groups in total. The summed E-state index contributed by atoms with van der Waals surface area (Å²) in [5.74, 6) is 0. The summed E-state index contributed by atoms with van der Waals surface area (Å²) in [6.07, 6.45) is 4.54. The summed E-state index contributed by atoms with van der Waals surface area (Å²) in [5, 5.41) is 9.26. The molecule has 0 unspecified atom stereocenters. The van der Waals surface area contributed by atoms with E-state index in [1.165, 1.54) is 0 Å². The summed E-state index contributed by atoms with van der Waals surface area (Å²) in [6, 6.07) is 0. The molecule has 1 rings (SSSR count). The monoisotopic (exact) mass is 285 g/mol. The lowest BCUT2D eigenvalue weighted by molar-refractivity contribution is 0.142. The lowest BCUT2D eigenvalue weighted by Crippen LogP contribution is -2.52. The highest BCUT2D eigenvalue weighted by Crippen LogP contribution is 2.28. The minimum absolute atomic E-state index is 0.109. The van der Waals surface area contributed by atoms with Gasteiger partial charge in [0.15, 0.2) is 0 Å². The van der Waals surface area contributed by atoms with Crippen LogP contribution in [0, 0.1) is 0 Å². The van der Waals surface area contributed by atoms with Gasteiger partial charge in [0.25, 0.3) is 0 Å². The minimum Gasteiger partial charge on any atom is -0.394 e. The average molecular weight is 286 g/mol. The van der Waals surface area contributed by atoms with Gasteiger partial charge in [-0.15, -0.1) is 0 Å². The maximum Gasteiger partial charge on any atom is 0.222 e. The van der Waals surface area contributed by atoms with Gasteiger partial charge in [0, 0.05) is 0 Å². The molecule has 0 heterocycles. The fraction of sp³-hybridized carbons (Fsp3) is 1.00. The molecule has 6 heteroatoms. The van der Waals surface area contributed by atoms with E-state index < -0.39 is 15.6 Å². The molecule has 1 saturated carbocycles. The van der Waals surface area contributed by atoms with Crippen molar-refractivity contribution in [3.05, 3.63) is 0 Å². The van der Waals surface area contributed by atoms with E-state index in [0.29, 0.717) is 0 Å². The fourth-order valence-corrected chi connectivity index (χ4v) is 3.20. The number of aliphatic hydroxyl groups excluding tert-OH is 1. The Labute approximate surface area is 93.3 Å². The molecule has 1 aliphatic carbocycles. The standard InChI is InChI=1S/C8H16BrNO3S/c9-7-14(12,13)10-8(6-11)4-2-1-3-5-8/h10-11H,1-7H2. The number of sulfonamides is 1. The molecule has 0 bridgehead atoms. The van der Waals surface area contributed by atoms with Gasteiger partial charge >= 0.3 is 0 Å². The lowest BCUT2D eigenvalue weighted by Gasteiger charge is -2.35. The van der Waals surface area contributed by atoms with Crippen molar-refractivity contribution in [1.82, 2.24) is 4.72 Å². The number of alkyl halides is 1. The molecule has 0 aromatic carbocycles. The highest BCUT2D eigenvalue weighted by Gasteiger charge is 2.34. The molecular formula is C8H16BrNO3S. The van der Waals surface area contributed by atoms with Crippen molar-refractivity contribution in [1.29, 1.82) is 0 Å². The summed E-state index contributed by atoms with van der Waals surface area (Å²) in [7, 11) is -3.28. The zero-order chi connectivity index (χ0) is 10.7. The van der Waals surface area contributed by atoms with Crippen LogP contribution in [0.15, 0.2) is 0 Å². The van der Waals surface area contributed by atoms with Crippen LogP contribution < -0.4 is 4.72 Å². The molecule has 0 aromatic heterocycles. The molecule has 0 radical (unpaired) electrons. The number of rotatable bonds is 4. The normalized spacial score (nSPS) is 22.1. The Morgan fingerprint density at radius 2 is 1.86 bits per heavy atom. The Balaban J connectivity index is 2.70. The number of hydrogen-bond donors (Lipinski definition) is 2. The highest BCUT2D eigenvalue weighted by molar-refractivity contribution is 9.10. The van der Waals surface area contributed by atoms with E-state index in [1.54, 1.807) is 0 Å². The first kappa shape index (κ1) is 12.4. The minimum atomic E-state index is -3.28. The van der Waals surface area contributed by atoms with Gasteiger partial charge in [-0.2, -0.15) is 0 Å². The number of nitrogens with one attached hydrogen (secondary N) is 1. The second-order valence-corrected chi connectivity index (χ2v) is 6.85. The number of halogens is 1. The summed E-state index contributed by atoms with van der Waals surface area (Å²) in [5.41, 5.74) is -0.606. The van der Waals surface area contributed by atoms with E-state index >= 15 is 0 Å². The van der Waals surface area contributed by atoms with E-state index in [0.717, 1.165) is 32.1 Å². The topological polar surface area (TPSA) is 66.4 Å². The Bertz CT molecular complexity index is 272. The van der Waals surface area contributed by atoms with E-state index in [4.69, 9.17) is 0 Å². The molecule has 84 valence electrons. The molecule has 4 nitrogen and oxygen atoms in total. The van der Waals surface area contributed by atoms with Crippen molar-refractivity contribution in [2.24, 2.45) is 0 Å². The highest BCUT2D eigenvalue weighted by atomic mass is 79.9. The van der Waals surface area contributed by atoms with E-state index in [-0.39, 0.29) is 11.3 Å². The first-order chi connectivity index (χ1) is 6.54. The van der Waals surface area contributed by atoms with E-state index in [2.05, 4.69) is 20.7 Å². The summed E-state index contributed by atoms with van der Waals surface area (Å²) in [6.45, 7) is -0.112. The van der Waals surface area contributed by atoms with Crippen molar-refractivity contribution < 1.29 is 13.5 Å². The molecule has 0 aliphatic heterocycles. The molecule has 0 spiro atoms. The van der Waals surface area contributed by atoms with Crippen LogP contribution in [-0.2, 0) is 10.0 Å². The summed E-state index contributed by atoms with van der Waals surface area (Å²) < 4.78 is 25.2. The van der Waals surface area contributed by atoms with Gasteiger partial charge in [0.1, 0.15) is 4.66 Å². The molecule has 0 amide bonds. The molecule has 1 aliphatic rings. The van der Waals surface area contributed by atoms with Crippen molar-refractivity contribution in [2.75, 3.05) is 11.3 Å². The molecule has 0 saturated heterocycles. The SMILES string of the molecule is O=S(=O)(CBr)NC1(CO)CCCCC1. The smallest absolute Gasteiger partial charge is 0.222 e. The third kappa shape index (κ3) is 3.18. The first-order valence-corrected chi connectivity index (χ1v) is 7.49. The molecule has 1 fully saturated rings.